The molecule has 0 spiro atoms. The standard InChI is InChI=1S/C15H21NO4/c1-20-14-5-4-12(9-13(14)18)15(19)16-7-2-3-11(10-16)6-8-17/h4-5,9,11,17-18H,2-3,6-8,10H2,1H3. The number of hydrogen-bond acceptors (Lipinski definition) is 4. The average molecular weight is 279 g/mol. The van der Waals surface area contributed by atoms with Gasteiger partial charge in [0, 0.05) is 25.3 Å². The van der Waals surface area contributed by atoms with E-state index in [0.29, 0.717) is 23.8 Å². The number of likely N-dealkylation sites (tertiary alicyclic amines) is 1. The Balaban J connectivity index is 2.08. The van der Waals surface area contributed by atoms with Crippen LogP contribution < -0.4 is 4.74 Å². The molecular weight excluding hydrogens is 258 g/mol. The highest BCUT2D eigenvalue weighted by atomic mass is 16.5. The third-order valence-electron chi connectivity index (χ3n) is 3.77. The lowest BCUT2D eigenvalue weighted by Crippen LogP contribution is -2.40. The molecule has 1 amide bonds. The second kappa shape index (κ2) is 6.61. The highest BCUT2D eigenvalue weighted by Gasteiger charge is 2.24. The van der Waals surface area contributed by atoms with E-state index in [0.717, 1.165) is 25.8 Å². The largest absolute Gasteiger partial charge is 0.504 e. The normalized spacial score (nSPS) is 18.9. The van der Waals surface area contributed by atoms with Crippen LogP contribution in [0, 0.1) is 5.92 Å². The zero-order chi connectivity index (χ0) is 14.5. The van der Waals surface area contributed by atoms with Crippen molar-refractivity contribution in [3.05, 3.63) is 23.8 Å². The van der Waals surface area contributed by atoms with E-state index in [-0.39, 0.29) is 18.3 Å². The highest BCUT2D eigenvalue weighted by molar-refractivity contribution is 5.95. The number of methoxy groups -OCH3 is 1. The Kier molecular flexibility index (Phi) is 4.84. The topological polar surface area (TPSA) is 70.0 Å². The number of aromatic hydroxyl groups is 1. The van der Waals surface area contributed by atoms with Gasteiger partial charge in [0.25, 0.3) is 5.91 Å². The molecule has 1 heterocycles. The van der Waals surface area contributed by atoms with Gasteiger partial charge >= 0.3 is 0 Å². The van der Waals surface area contributed by atoms with Gasteiger partial charge in [-0.1, -0.05) is 0 Å². The van der Waals surface area contributed by atoms with Crippen molar-refractivity contribution in [2.75, 3.05) is 26.8 Å². The molecule has 5 nitrogen and oxygen atoms in total. The Hall–Kier alpha value is -1.75. The molecule has 1 aromatic carbocycles. The number of aliphatic hydroxyl groups excluding tert-OH is 1. The van der Waals surface area contributed by atoms with Crippen LogP contribution >= 0.6 is 0 Å². The summed E-state index contributed by atoms with van der Waals surface area (Å²) in [4.78, 5) is 14.2. The van der Waals surface area contributed by atoms with Gasteiger partial charge in [-0.15, -0.1) is 0 Å². The first-order chi connectivity index (χ1) is 9.65. The van der Waals surface area contributed by atoms with Gasteiger partial charge in [0.1, 0.15) is 0 Å². The minimum atomic E-state index is -0.0782. The Morgan fingerprint density at radius 3 is 2.95 bits per heavy atom. The summed E-state index contributed by atoms with van der Waals surface area (Å²) in [6.45, 7) is 1.57. The number of rotatable bonds is 4. The number of ether oxygens (including phenoxy) is 1. The smallest absolute Gasteiger partial charge is 0.254 e. The van der Waals surface area contributed by atoms with Crippen molar-refractivity contribution in [1.29, 1.82) is 0 Å². The lowest BCUT2D eigenvalue weighted by Gasteiger charge is -2.32. The van der Waals surface area contributed by atoms with Gasteiger partial charge in [-0.3, -0.25) is 4.79 Å². The molecule has 0 bridgehead atoms. The van der Waals surface area contributed by atoms with Crippen molar-refractivity contribution in [3.63, 3.8) is 0 Å². The number of piperidine rings is 1. The van der Waals surface area contributed by atoms with Crippen LogP contribution in [-0.4, -0.2) is 47.8 Å². The summed E-state index contributed by atoms with van der Waals surface area (Å²) >= 11 is 0. The Bertz CT molecular complexity index is 473. The van der Waals surface area contributed by atoms with E-state index in [1.807, 2.05) is 0 Å². The summed E-state index contributed by atoms with van der Waals surface area (Å²) in [5, 5.41) is 18.8. The average Bonchev–Trinajstić information content (AvgIpc) is 2.47. The first-order valence-electron chi connectivity index (χ1n) is 6.93. The zero-order valence-electron chi connectivity index (χ0n) is 11.7. The van der Waals surface area contributed by atoms with Crippen LogP contribution in [0.25, 0.3) is 0 Å². The highest BCUT2D eigenvalue weighted by Crippen LogP contribution is 2.28. The molecule has 0 aromatic heterocycles. The molecule has 110 valence electrons. The number of hydrogen-bond donors (Lipinski definition) is 2. The predicted octanol–water partition coefficient (Wildman–Crippen LogP) is 1.64. The number of phenolic OH excluding ortho intramolecular Hbond substituents is 1. The first kappa shape index (κ1) is 14.7. The molecule has 1 saturated heterocycles. The number of carbonyl (C=O) groups excluding carboxylic acids is 1. The van der Waals surface area contributed by atoms with Crippen LogP contribution in [0.2, 0.25) is 0 Å². The Morgan fingerprint density at radius 2 is 2.30 bits per heavy atom. The van der Waals surface area contributed by atoms with Crippen molar-refractivity contribution in [1.82, 2.24) is 4.90 Å². The number of aliphatic hydroxyl groups is 1. The maximum atomic E-state index is 12.4. The minimum Gasteiger partial charge on any atom is -0.504 e. The summed E-state index contributed by atoms with van der Waals surface area (Å²) < 4.78 is 4.97. The lowest BCUT2D eigenvalue weighted by atomic mass is 9.94. The number of phenols is 1. The molecule has 0 aliphatic carbocycles. The van der Waals surface area contributed by atoms with Crippen LogP contribution in [0.15, 0.2) is 18.2 Å². The molecule has 5 heteroatoms. The van der Waals surface area contributed by atoms with Crippen molar-refractivity contribution >= 4 is 5.91 Å². The molecule has 1 aromatic rings. The Labute approximate surface area is 118 Å². The lowest BCUT2D eigenvalue weighted by molar-refractivity contribution is 0.0653. The summed E-state index contributed by atoms with van der Waals surface area (Å²) in [6, 6.07) is 4.70. The Morgan fingerprint density at radius 1 is 1.50 bits per heavy atom. The number of benzene rings is 1. The second-order valence-corrected chi connectivity index (χ2v) is 5.16. The molecule has 2 rings (SSSR count). The quantitative estimate of drug-likeness (QED) is 0.879. The van der Waals surface area contributed by atoms with Gasteiger partial charge in [-0.25, -0.2) is 0 Å². The minimum absolute atomic E-state index is 0.0257. The third kappa shape index (κ3) is 3.22. The summed E-state index contributed by atoms with van der Waals surface area (Å²) in [7, 11) is 1.47. The van der Waals surface area contributed by atoms with E-state index in [2.05, 4.69) is 0 Å². The fourth-order valence-corrected chi connectivity index (χ4v) is 2.67. The van der Waals surface area contributed by atoms with Crippen molar-refractivity contribution in [3.8, 4) is 11.5 Å². The second-order valence-electron chi connectivity index (χ2n) is 5.16. The zero-order valence-corrected chi connectivity index (χ0v) is 11.7. The van der Waals surface area contributed by atoms with Crippen molar-refractivity contribution in [2.45, 2.75) is 19.3 Å². The number of nitrogens with zero attached hydrogens (tertiary/aromatic N) is 1. The van der Waals surface area contributed by atoms with Crippen molar-refractivity contribution < 1.29 is 19.7 Å². The van der Waals surface area contributed by atoms with Gasteiger partial charge in [-0.2, -0.15) is 0 Å². The molecule has 20 heavy (non-hydrogen) atoms. The van der Waals surface area contributed by atoms with Gasteiger partial charge in [0.15, 0.2) is 11.5 Å². The van der Waals surface area contributed by atoms with Crippen LogP contribution in [0.4, 0.5) is 0 Å². The fourth-order valence-electron chi connectivity index (χ4n) is 2.67. The number of carbonyl (C=O) groups is 1. The predicted molar refractivity (Wildman–Crippen MR) is 75.0 cm³/mol. The fraction of sp³-hybridized carbons (Fsp3) is 0.533. The van der Waals surface area contributed by atoms with E-state index in [4.69, 9.17) is 9.84 Å². The van der Waals surface area contributed by atoms with Crippen LogP contribution in [0.5, 0.6) is 11.5 Å². The number of amides is 1. The molecule has 1 unspecified atom stereocenters. The van der Waals surface area contributed by atoms with Crippen LogP contribution in [0.1, 0.15) is 29.6 Å². The summed E-state index contributed by atoms with van der Waals surface area (Å²) in [6.07, 6.45) is 2.74. The molecule has 1 atom stereocenters. The van der Waals surface area contributed by atoms with E-state index < -0.39 is 0 Å². The first-order valence-corrected chi connectivity index (χ1v) is 6.93. The van der Waals surface area contributed by atoms with E-state index in [1.54, 1.807) is 17.0 Å². The summed E-state index contributed by atoms with van der Waals surface area (Å²) in [5.41, 5.74) is 0.466. The van der Waals surface area contributed by atoms with Crippen LogP contribution in [0.3, 0.4) is 0 Å². The molecule has 1 aliphatic heterocycles. The third-order valence-corrected chi connectivity index (χ3v) is 3.77. The summed E-state index contributed by atoms with van der Waals surface area (Å²) in [5.74, 6) is 0.621. The molecule has 1 fully saturated rings. The van der Waals surface area contributed by atoms with Crippen molar-refractivity contribution in [2.24, 2.45) is 5.92 Å². The van der Waals surface area contributed by atoms with E-state index in [1.165, 1.54) is 13.2 Å². The molecule has 2 N–H and O–H groups in total. The maximum Gasteiger partial charge on any atom is 0.254 e. The maximum absolute atomic E-state index is 12.4. The van der Waals surface area contributed by atoms with Gasteiger partial charge in [-0.05, 0) is 43.4 Å². The van der Waals surface area contributed by atoms with Gasteiger partial charge in [0.2, 0.25) is 0 Å². The molecule has 1 aliphatic rings. The van der Waals surface area contributed by atoms with E-state index in [9.17, 15) is 9.90 Å². The van der Waals surface area contributed by atoms with Crippen LogP contribution in [-0.2, 0) is 0 Å². The monoisotopic (exact) mass is 279 g/mol. The van der Waals surface area contributed by atoms with Gasteiger partial charge in [0.05, 0.1) is 7.11 Å². The van der Waals surface area contributed by atoms with E-state index >= 15 is 0 Å². The molecular formula is C15H21NO4. The van der Waals surface area contributed by atoms with Gasteiger partial charge < -0.3 is 19.8 Å². The SMILES string of the molecule is COc1ccc(C(=O)N2CCCC(CCO)C2)cc1O. The molecule has 0 saturated carbocycles. The molecule has 0 radical (unpaired) electrons.